The van der Waals surface area contributed by atoms with Crippen LogP contribution in [0.25, 0.3) is 11.4 Å². The summed E-state index contributed by atoms with van der Waals surface area (Å²) in [6, 6.07) is 10.0. The van der Waals surface area contributed by atoms with Crippen LogP contribution in [0, 0.1) is 5.82 Å². The monoisotopic (exact) mass is 405 g/mol. The Bertz CT molecular complexity index is 1030. The summed E-state index contributed by atoms with van der Waals surface area (Å²) in [7, 11) is 0. The van der Waals surface area contributed by atoms with Crippen LogP contribution >= 0.6 is 0 Å². The molecule has 5 nitrogen and oxygen atoms in total. The maximum Gasteiger partial charge on any atom is 0.416 e. The van der Waals surface area contributed by atoms with E-state index >= 15 is 0 Å². The van der Waals surface area contributed by atoms with E-state index in [-0.39, 0.29) is 30.6 Å². The SMILES string of the molecule is O=C1CCC(c2nc(-c3ccc(C(F)(F)F)cc3)no2)N1Cc1ccccc1F. The lowest BCUT2D eigenvalue weighted by Crippen LogP contribution is -2.27. The normalized spacial score (nSPS) is 17.2. The summed E-state index contributed by atoms with van der Waals surface area (Å²) in [5.41, 5.74) is -0.0457. The fourth-order valence-electron chi connectivity index (χ4n) is 3.29. The Morgan fingerprint density at radius 2 is 1.83 bits per heavy atom. The topological polar surface area (TPSA) is 59.2 Å². The van der Waals surface area contributed by atoms with Gasteiger partial charge in [-0.3, -0.25) is 4.79 Å². The number of likely N-dealkylation sites (tertiary alicyclic amines) is 1. The number of halogens is 4. The molecule has 1 fully saturated rings. The Labute approximate surface area is 162 Å². The number of rotatable bonds is 4. The van der Waals surface area contributed by atoms with Gasteiger partial charge < -0.3 is 9.42 Å². The summed E-state index contributed by atoms with van der Waals surface area (Å²) in [6.45, 7) is 0.0637. The number of benzene rings is 2. The minimum atomic E-state index is -4.43. The highest BCUT2D eigenvalue weighted by molar-refractivity contribution is 5.78. The second-order valence-electron chi connectivity index (χ2n) is 6.70. The van der Waals surface area contributed by atoms with Crippen molar-refractivity contribution < 1.29 is 26.9 Å². The van der Waals surface area contributed by atoms with Crippen molar-refractivity contribution in [2.75, 3.05) is 0 Å². The summed E-state index contributed by atoms with van der Waals surface area (Å²) >= 11 is 0. The molecule has 1 atom stereocenters. The van der Waals surface area contributed by atoms with Crippen LogP contribution in [-0.2, 0) is 17.5 Å². The van der Waals surface area contributed by atoms with Crippen molar-refractivity contribution >= 4 is 5.91 Å². The van der Waals surface area contributed by atoms with Crippen LogP contribution in [-0.4, -0.2) is 20.9 Å². The highest BCUT2D eigenvalue weighted by Crippen LogP contribution is 2.35. The van der Waals surface area contributed by atoms with Crippen LogP contribution < -0.4 is 0 Å². The first-order valence-corrected chi connectivity index (χ1v) is 8.87. The number of carbonyl (C=O) groups excluding carboxylic acids is 1. The van der Waals surface area contributed by atoms with E-state index in [9.17, 15) is 22.4 Å². The molecule has 3 aromatic rings. The molecule has 1 saturated heterocycles. The quantitative estimate of drug-likeness (QED) is 0.588. The molecule has 1 aliphatic rings. The second-order valence-corrected chi connectivity index (χ2v) is 6.70. The van der Waals surface area contributed by atoms with Gasteiger partial charge in [0.15, 0.2) is 0 Å². The number of hydrogen-bond donors (Lipinski definition) is 0. The number of hydrogen-bond acceptors (Lipinski definition) is 4. The van der Waals surface area contributed by atoms with E-state index in [0.29, 0.717) is 17.5 Å². The molecule has 0 saturated carbocycles. The minimum Gasteiger partial charge on any atom is -0.337 e. The lowest BCUT2D eigenvalue weighted by Gasteiger charge is -2.22. The Morgan fingerprint density at radius 1 is 1.10 bits per heavy atom. The molecule has 2 heterocycles. The zero-order valence-electron chi connectivity index (χ0n) is 15.0. The van der Waals surface area contributed by atoms with E-state index in [1.165, 1.54) is 23.1 Å². The van der Waals surface area contributed by atoms with E-state index in [1.807, 2.05) is 0 Å². The first-order chi connectivity index (χ1) is 13.8. The molecule has 1 amide bonds. The van der Waals surface area contributed by atoms with Crippen molar-refractivity contribution in [1.82, 2.24) is 15.0 Å². The van der Waals surface area contributed by atoms with Gasteiger partial charge in [0.25, 0.3) is 0 Å². The van der Waals surface area contributed by atoms with Gasteiger partial charge in [0.2, 0.25) is 17.6 Å². The van der Waals surface area contributed by atoms with Crippen molar-refractivity contribution in [3.63, 3.8) is 0 Å². The summed E-state index contributed by atoms with van der Waals surface area (Å²) in [5.74, 6) is -0.282. The largest absolute Gasteiger partial charge is 0.416 e. The average molecular weight is 405 g/mol. The van der Waals surface area contributed by atoms with Gasteiger partial charge in [0, 0.05) is 24.1 Å². The van der Waals surface area contributed by atoms with Gasteiger partial charge in [-0.05, 0) is 24.6 Å². The van der Waals surface area contributed by atoms with Gasteiger partial charge in [-0.15, -0.1) is 0 Å². The highest BCUT2D eigenvalue weighted by Gasteiger charge is 2.36. The molecule has 0 bridgehead atoms. The Morgan fingerprint density at radius 3 is 2.52 bits per heavy atom. The number of alkyl halides is 3. The fraction of sp³-hybridized carbons (Fsp3) is 0.250. The average Bonchev–Trinajstić information content (AvgIpc) is 3.30. The molecule has 4 rings (SSSR count). The summed E-state index contributed by atoms with van der Waals surface area (Å²) in [4.78, 5) is 18.0. The molecule has 150 valence electrons. The molecule has 2 aromatic carbocycles. The van der Waals surface area contributed by atoms with Crippen LogP contribution in [0.3, 0.4) is 0 Å². The summed E-state index contributed by atoms with van der Waals surface area (Å²) < 4.78 is 57.4. The van der Waals surface area contributed by atoms with Crippen molar-refractivity contribution in [2.24, 2.45) is 0 Å². The fourth-order valence-corrected chi connectivity index (χ4v) is 3.29. The third-order valence-electron chi connectivity index (χ3n) is 4.82. The minimum absolute atomic E-state index is 0.0637. The highest BCUT2D eigenvalue weighted by atomic mass is 19.4. The third-order valence-corrected chi connectivity index (χ3v) is 4.82. The number of aromatic nitrogens is 2. The van der Waals surface area contributed by atoms with E-state index in [4.69, 9.17) is 4.52 Å². The third kappa shape index (κ3) is 3.85. The zero-order valence-corrected chi connectivity index (χ0v) is 15.0. The molecule has 1 unspecified atom stereocenters. The first kappa shape index (κ1) is 19.1. The van der Waals surface area contributed by atoms with Crippen LogP contribution in [0.1, 0.15) is 35.9 Å². The van der Waals surface area contributed by atoms with Gasteiger partial charge in [0.1, 0.15) is 11.9 Å². The van der Waals surface area contributed by atoms with Crippen LogP contribution in [0.15, 0.2) is 53.1 Å². The molecule has 0 aliphatic carbocycles. The molecule has 0 spiro atoms. The van der Waals surface area contributed by atoms with Gasteiger partial charge in [-0.25, -0.2) is 4.39 Å². The van der Waals surface area contributed by atoms with Crippen molar-refractivity contribution in [1.29, 1.82) is 0 Å². The predicted octanol–water partition coefficient (Wildman–Crippen LogP) is 4.76. The molecule has 0 N–H and O–H groups in total. The van der Waals surface area contributed by atoms with Crippen LogP contribution in [0.4, 0.5) is 17.6 Å². The maximum atomic E-state index is 14.0. The standard InChI is InChI=1S/C20H15F4N3O2/c21-15-4-2-1-3-13(15)11-27-16(9-10-17(27)28)19-25-18(26-29-19)12-5-7-14(8-6-12)20(22,23)24/h1-8,16H,9-11H2. The maximum absolute atomic E-state index is 14.0. The molecule has 9 heteroatoms. The van der Waals surface area contributed by atoms with Gasteiger partial charge in [-0.2, -0.15) is 18.2 Å². The van der Waals surface area contributed by atoms with Crippen LogP contribution in [0.5, 0.6) is 0 Å². The smallest absolute Gasteiger partial charge is 0.337 e. The molecule has 0 radical (unpaired) electrons. The lowest BCUT2D eigenvalue weighted by atomic mass is 10.1. The number of amides is 1. The summed E-state index contributed by atoms with van der Waals surface area (Å²) in [6.07, 6.45) is -3.74. The van der Waals surface area contributed by atoms with E-state index in [0.717, 1.165) is 12.1 Å². The van der Waals surface area contributed by atoms with Gasteiger partial charge in [0.05, 0.1) is 5.56 Å². The Hall–Kier alpha value is -3.23. The Balaban J connectivity index is 1.56. The van der Waals surface area contributed by atoms with Crippen molar-refractivity contribution in [3.05, 3.63) is 71.4 Å². The zero-order chi connectivity index (χ0) is 20.6. The van der Waals surface area contributed by atoms with E-state index < -0.39 is 23.6 Å². The van der Waals surface area contributed by atoms with Gasteiger partial charge >= 0.3 is 6.18 Å². The van der Waals surface area contributed by atoms with Crippen LogP contribution in [0.2, 0.25) is 0 Å². The molecule has 1 aliphatic heterocycles. The molecule has 29 heavy (non-hydrogen) atoms. The van der Waals surface area contributed by atoms with Crippen molar-refractivity contribution in [3.8, 4) is 11.4 Å². The Kier molecular flexibility index (Phi) is 4.81. The molecule has 1 aromatic heterocycles. The number of nitrogens with zero attached hydrogens (tertiary/aromatic N) is 3. The molecular weight excluding hydrogens is 390 g/mol. The lowest BCUT2D eigenvalue weighted by molar-refractivity contribution is -0.137. The predicted molar refractivity (Wildman–Crippen MR) is 93.7 cm³/mol. The van der Waals surface area contributed by atoms with E-state index in [1.54, 1.807) is 18.2 Å². The van der Waals surface area contributed by atoms with Crippen molar-refractivity contribution in [2.45, 2.75) is 31.6 Å². The summed E-state index contributed by atoms with van der Waals surface area (Å²) in [5, 5.41) is 3.83. The second kappa shape index (κ2) is 7.31. The number of carbonyl (C=O) groups is 1. The molecular formula is C20H15F4N3O2. The van der Waals surface area contributed by atoms with Gasteiger partial charge in [-0.1, -0.05) is 35.5 Å². The first-order valence-electron chi connectivity index (χ1n) is 8.87. The van der Waals surface area contributed by atoms with E-state index in [2.05, 4.69) is 10.1 Å².